The molecule has 1 atom stereocenters. The molecule has 1 amide bonds. The number of alkyl carbamates (subject to hydrolysis) is 1. The Morgan fingerprint density at radius 3 is 2.36 bits per heavy atom. The number of ether oxygens (including phenoxy) is 1. The fraction of sp³-hybridized carbons (Fsp3) is 0.350. The van der Waals surface area contributed by atoms with Crippen LogP contribution in [0.4, 0.5) is 4.79 Å². The molecule has 0 saturated heterocycles. The van der Waals surface area contributed by atoms with Crippen LogP contribution in [0.3, 0.4) is 0 Å². The van der Waals surface area contributed by atoms with Crippen LogP contribution in [0.1, 0.15) is 30.1 Å². The quantitative estimate of drug-likeness (QED) is 0.725. The van der Waals surface area contributed by atoms with Crippen LogP contribution < -0.4 is 10.6 Å². The number of aliphatic hydroxyl groups excluding tert-OH is 1. The monoisotopic (exact) mass is 340 g/mol. The molecule has 0 heterocycles. The van der Waals surface area contributed by atoms with Gasteiger partial charge >= 0.3 is 6.09 Å². The first-order valence-corrected chi connectivity index (χ1v) is 8.64. The second-order valence-electron chi connectivity index (χ2n) is 6.41. The first-order valence-electron chi connectivity index (χ1n) is 8.64. The van der Waals surface area contributed by atoms with Crippen molar-refractivity contribution in [1.29, 1.82) is 0 Å². The summed E-state index contributed by atoms with van der Waals surface area (Å²) in [5.41, 5.74) is 1.88. The van der Waals surface area contributed by atoms with E-state index < -0.39 is 6.10 Å². The summed E-state index contributed by atoms with van der Waals surface area (Å²) in [4.78, 5) is 11.8. The van der Waals surface area contributed by atoms with Crippen LogP contribution in [0.25, 0.3) is 0 Å². The standard InChI is InChI=1S/C20H24N2O3/c23-19(16-9-5-2-6-10-16)13-21-17-11-18(12-17)22-20(24)25-14-15-7-3-1-4-8-15/h1-10,17-19,21,23H,11-14H2,(H,22,24). The molecule has 1 saturated carbocycles. The van der Waals surface area contributed by atoms with Crippen LogP contribution in [0.15, 0.2) is 60.7 Å². The third-order valence-corrected chi connectivity index (χ3v) is 4.46. The van der Waals surface area contributed by atoms with Crippen molar-refractivity contribution in [2.75, 3.05) is 6.54 Å². The van der Waals surface area contributed by atoms with Gasteiger partial charge < -0.3 is 20.5 Å². The Morgan fingerprint density at radius 1 is 1.04 bits per heavy atom. The highest BCUT2D eigenvalue weighted by Crippen LogP contribution is 2.21. The van der Waals surface area contributed by atoms with Gasteiger partial charge in [0.25, 0.3) is 0 Å². The summed E-state index contributed by atoms with van der Waals surface area (Å²) in [6.07, 6.45) is 0.810. The number of nitrogens with one attached hydrogen (secondary N) is 2. The molecule has 3 rings (SSSR count). The van der Waals surface area contributed by atoms with Gasteiger partial charge in [-0.25, -0.2) is 4.79 Å². The normalized spacial score (nSPS) is 20.4. The van der Waals surface area contributed by atoms with E-state index in [0.717, 1.165) is 24.0 Å². The zero-order valence-electron chi connectivity index (χ0n) is 14.1. The van der Waals surface area contributed by atoms with Crippen molar-refractivity contribution < 1.29 is 14.6 Å². The summed E-state index contributed by atoms with van der Waals surface area (Å²) in [5, 5.41) is 16.3. The summed E-state index contributed by atoms with van der Waals surface area (Å²) in [5.74, 6) is 0. The molecule has 5 heteroatoms. The summed E-state index contributed by atoms with van der Waals surface area (Å²) in [7, 11) is 0. The molecule has 0 aliphatic heterocycles. The molecule has 1 aliphatic carbocycles. The van der Waals surface area contributed by atoms with Crippen LogP contribution >= 0.6 is 0 Å². The number of rotatable bonds is 7. The van der Waals surface area contributed by atoms with Crippen LogP contribution in [0.5, 0.6) is 0 Å². The summed E-state index contributed by atoms with van der Waals surface area (Å²) in [6.45, 7) is 0.796. The van der Waals surface area contributed by atoms with Crippen molar-refractivity contribution in [2.24, 2.45) is 0 Å². The molecular weight excluding hydrogens is 316 g/mol. The molecular formula is C20H24N2O3. The number of aliphatic hydroxyl groups is 1. The largest absolute Gasteiger partial charge is 0.445 e. The van der Waals surface area contributed by atoms with E-state index in [-0.39, 0.29) is 18.7 Å². The Balaban J connectivity index is 1.29. The van der Waals surface area contributed by atoms with Gasteiger partial charge in [0.15, 0.2) is 0 Å². The molecule has 1 unspecified atom stereocenters. The van der Waals surface area contributed by atoms with E-state index in [1.165, 1.54) is 0 Å². The second kappa shape index (κ2) is 8.65. The fourth-order valence-electron chi connectivity index (χ4n) is 2.91. The van der Waals surface area contributed by atoms with E-state index in [2.05, 4.69) is 10.6 Å². The minimum Gasteiger partial charge on any atom is -0.445 e. The van der Waals surface area contributed by atoms with Crippen LogP contribution in [0, 0.1) is 0 Å². The average molecular weight is 340 g/mol. The maximum atomic E-state index is 11.8. The molecule has 0 aromatic heterocycles. The Morgan fingerprint density at radius 2 is 1.68 bits per heavy atom. The Bertz CT molecular complexity index is 657. The molecule has 3 N–H and O–H groups in total. The summed E-state index contributed by atoms with van der Waals surface area (Å²) < 4.78 is 5.22. The third kappa shape index (κ3) is 5.31. The highest BCUT2D eigenvalue weighted by atomic mass is 16.5. The summed E-state index contributed by atoms with van der Waals surface area (Å²) in [6, 6.07) is 19.7. The number of hydrogen-bond acceptors (Lipinski definition) is 4. The number of hydrogen-bond donors (Lipinski definition) is 3. The van der Waals surface area contributed by atoms with Crippen LogP contribution in [0.2, 0.25) is 0 Å². The van der Waals surface area contributed by atoms with Gasteiger partial charge in [0.1, 0.15) is 6.61 Å². The maximum absolute atomic E-state index is 11.8. The van der Waals surface area contributed by atoms with Crippen LogP contribution in [-0.4, -0.2) is 29.8 Å². The average Bonchev–Trinajstić information content (AvgIpc) is 2.63. The molecule has 2 aromatic rings. The molecule has 25 heavy (non-hydrogen) atoms. The van der Waals surface area contributed by atoms with Gasteiger partial charge in [0.05, 0.1) is 6.10 Å². The lowest BCUT2D eigenvalue weighted by atomic mass is 9.86. The van der Waals surface area contributed by atoms with Crippen molar-refractivity contribution >= 4 is 6.09 Å². The number of carbonyl (C=O) groups is 1. The molecule has 0 spiro atoms. The first-order chi connectivity index (χ1) is 12.2. The molecule has 1 aliphatic rings. The van der Waals surface area contributed by atoms with E-state index >= 15 is 0 Å². The molecule has 0 radical (unpaired) electrons. The number of carbonyl (C=O) groups excluding carboxylic acids is 1. The Kier molecular flexibility index (Phi) is 6.04. The van der Waals surface area contributed by atoms with E-state index in [4.69, 9.17) is 4.74 Å². The minimum absolute atomic E-state index is 0.134. The fourth-order valence-corrected chi connectivity index (χ4v) is 2.91. The highest BCUT2D eigenvalue weighted by Gasteiger charge is 2.30. The second-order valence-corrected chi connectivity index (χ2v) is 6.41. The van der Waals surface area contributed by atoms with Gasteiger partial charge in [0.2, 0.25) is 0 Å². The number of amides is 1. The van der Waals surface area contributed by atoms with Gasteiger partial charge in [0, 0.05) is 18.6 Å². The van der Waals surface area contributed by atoms with Crippen LogP contribution in [-0.2, 0) is 11.3 Å². The lowest BCUT2D eigenvalue weighted by Gasteiger charge is -2.36. The van der Waals surface area contributed by atoms with E-state index in [9.17, 15) is 9.90 Å². The van der Waals surface area contributed by atoms with Crippen molar-refractivity contribution in [2.45, 2.75) is 37.6 Å². The topological polar surface area (TPSA) is 70.6 Å². The smallest absolute Gasteiger partial charge is 0.407 e. The Labute approximate surface area is 148 Å². The van der Waals surface area contributed by atoms with Gasteiger partial charge in [-0.3, -0.25) is 0 Å². The van der Waals surface area contributed by atoms with Gasteiger partial charge in [-0.2, -0.15) is 0 Å². The molecule has 0 bridgehead atoms. The van der Waals surface area contributed by atoms with E-state index in [0.29, 0.717) is 12.6 Å². The molecule has 1 fully saturated rings. The zero-order chi connectivity index (χ0) is 17.5. The van der Waals surface area contributed by atoms with Gasteiger partial charge in [-0.05, 0) is 24.0 Å². The lowest BCUT2D eigenvalue weighted by molar-refractivity contribution is 0.120. The Hall–Kier alpha value is -2.37. The van der Waals surface area contributed by atoms with Crippen molar-refractivity contribution in [3.8, 4) is 0 Å². The molecule has 5 nitrogen and oxygen atoms in total. The third-order valence-electron chi connectivity index (χ3n) is 4.46. The maximum Gasteiger partial charge on any atom is 0.407 e. The minimum atomic E-state index is -0.510. The molecule has 2 aromatic carbocycles. The predicted octanol–water partition coefficient (Wildman–Crippen LogP) is 2.77. The van der Waals surface area contributed by atoms with E-state index in [1.54, 1.807) is 0 Å². The van der Waals surface area contributed by atoms with Gasteiger partial charge in [-0.15, -0.1) is 0 Å². The van der Waals surface area contributed by atoms with Crippen molar-refractivity contribution in [3.05, 3.63) is 71.8 Å². The zero-order valence-corrected chi connectivity index (χ0v) is 14.1. The highest BCUT2D eigenvalue weighted by molar-refractivity contribution is 5.67. The van der Waals surface area contributed by atoms with Crippen molar-refractivity contribution in [1.82, 2.24) is 10.6 Å². The first kappa shape index (κ1) is 17.5. The lowest BCUT2D eigenvalue weighted by Crippen LogP contribution is -2.53. The van der Waals surface area contributed by atoms with E-state index in [1.807, 2.05) is 60.7 Å². The molecule has 132 valence electrons. The van der Waals surface area contributed by atoms with Crippen molar-refractivity contribution in [3.63, 3.8) is 0 Å². The van der Waals surface area contributed by atoms with Gasteiger partial charge in [-0.1, -0.05) is 60.7 Å². The number of benzene rings is 2. The predicted molar refractivity (Wildman–Crippen MR) is 96.0 cm³/mol. The SMILES string of the molecule is O=C(NC1CC(NCC(O)c2ccccc2)C1)OCc1ccccc1. The summed E-state index contributed by atoms with van der Waals surface area (Å²) >= 11 is 0.